The standard InChI is InChI=1S/C29H29F6N5O4S/c1-3-15-44-21-9-5-18(6-10-21)36-25(41)16-22-26(42)40(19-7-11-20(43-2)12-8-19)27(45)38(22)13-4-14-39-24(29(33,34)35)17-23(37-39)28(30,31)32/h5-12,17,22H,3-4,13-16H2,1-2H3,(H,36,41). The molecule has 1 N–H and O–H groups in total. The van der Waals surface area contributed by atoms with Crippen molar-refractivity contribution in [3.63, 3.8) is 0 Å². The maximum atomic E-state index is 13.6. The van der Waals surface area contributed by atoms with Crippen molar-refractivity contribution < 1.29 is 45.4 Å². The summed E-state index contributed by atoms with van der Waals surface area (Å²) in [6.07, 6.45) is -9.88. The molecule has 0 spiro atoms. The minimum Gasteiger partial charge on any atom is -0.497 e. The lowest BCUT2D eigenvalue weighted by Gasteiger charge is -2.24. The number of benzene rings is 2. The summed E-state index contributed by atoms with van der Waals surface area (Å²) in [5.74, 6) is 0.0214. The summed E-state index contributed by atoms with van der Waals surface area (Å²) >= 11 is 5.56. The van der Waals surface area contributed by atoms with Gasteiger partial charge in [-0.15, -0.1) is 0 Å². The van der Waals surface area contributed by atoms with E-state index >= 15 is 0 Å². The summed E-state index contributed by atoms with van der Waals surface area (Å²) in [4.78, 5) is 29.3. The molecule has 0 aliphatic carbocycles. The molecule has 0 radical (unpaired) electrons. The molecule has 1 aliphatic heterocycles. The third-order valence-corrected chi connectivity index (χ3v) is 7.19. The predicted octanol–water partition coefficient (Wildman–Crippen LogP) is 6.14. The Balaban J connectivity index is 1.53. The number of amides is 2. The minimum atomic E-state index is -5.08. The lowest BCUT2D eigenvalue weighted by Crippen LogP contribution is -2.39. The maximum absolute atomic E-state index is 13.6. The van der Waals surface area contributed by atoms with Crippen molar-refractivity contribution in [2.45, 2.75) is 51.1 Å². The Labute approximate surface area is 259 Å². The molecule has 2 amide bonds. The van der Waals surface area contributed by atoms with E-state index in [-0.39, 0.29) is 35.2 Å². The van der Waals surface area contributed by atoms with Gasteiger partial charge in [0, 0.05) is 24.8 Å². The van der Waals surface area contributed by atoms with E-state index < -0.39 is 48.1 Å². The van der Waals surface area contributed by atoms with Crippen molar-refractivity contribution in [3.8, 4) is 11.5 Å². The van der Waals surface area contributed by atoms with Crippen LogP contribution in [0.25, 0.3) is 0 Å². The molecule has 9 nitrogen and oxygen atoms in total. The number of carbonyl (C=O) groups excluding carboxylic acids is 2. The summed E-state index contributed by atoms with van der Waals surface area (Å²) in [5.41, 5.74) is -2.43. The van der Waals surface area contributed by atoms with Crippen molar-refractivity contribution in [1.82, 2.24) is 14.7 Å². The molecule has 1 fully saturated rings. The number of methoxy groups -OCH3 is 1. The van der Waals surface area contributed by atoms with Crippen molar-refractivity contribution in [2.24, 2.45) is 0 Å². The summed E-state index contributed by atoms with van der Waals surface area (Å²) in [6.45, 7) is 1.77. The first-order valence-corrected chi connectivity index (χ1v) is 14.2. The van der Waals surface area contributed by atoms with Gasteiger partial charge in [-0.3, -0.25) is 19.2 Å². The molecule has 1 saturated heterocycles. The molecule has 242 valence electrons. The number of alkyl halides is 6. The molecule has 1 aliphatic rings. The van der Waals surface area contributed by atoms with E-state index in [1.54, 1.807) is 48.5 Å². The third kappa shape index (κ3) is 8.04. The van der Waals surface area contributed by atoms with Gasteiger partial charge < -0.3 is 19.7 Å². The zero-order valence-corrected chi connectivity index (χ0v) is 24.9. The summed E-state index contributed by atoms with van der Waals surface area (Å²) in [6, 6.07) is 11.7. The monoisotopic (exact) mass is 657 g/mol. The molecular formula is C29H29F6N5O4S. The SMILES string of the molecule is CCCOc1ccc(NC(=O)CC2C(=O)N(c3ccc(OC)cc3)C(=S)N2CCCn2nc(C(F)(F)F)cc2C(F)(F)F)cc1. The van der Waals surface area contributed by atoms with Crippen LogP contribution >= 0.6 is 12.2 Å². The highest BCUT2D eigenvalue weighted by Gasteiger charge is 2.45. The number of carbonyl (C=O) groups is 2. The smallest absolute Gasteiger partial charge is 0.435 e. The van der Waals surface area contributed by atoms with Gasteiger partial charge in [0.2, 0.25) is 5.91 Å². The molecule has 3 aromatic rings. The van der Waals surface area contributed by atoms with Gasteiger partial charge in [-0.05, 0) is 73.6 Å². The first-order valence-electron chi connectivity index (χ1n) is 13.8. The number of aryl methyl sites for hydroxylation is 1. The fraction of sp³-hybridized carbons (Fsp3) is 0.379. The Kier molecular flexibility index (Phi) is 10.3. The number of hydrogen-bond donors (Lipinski definition) is 1. The first-order chi connectivity index (χ1) is 21.2. The summed E-state index contributed by atoms with van der Waals surface area (Å²) in [7, 11) is 1.46. The number of halogens is 6. The number of hydrogen-bond acceptors (Lipinski definition) is 6. The Hall–Kier alpha value is -4.34. The second-order valence-electron chi connectivity index (χ2n) is 9.98. The lowest BCUT2D eigenvalue weighted by atomic mass is 10.1. The number of thiocarbonyl (C=S) groups is 1. The molecule has 0 saturated carbocycles. The minimum absolute atomic E-state index is 0.0205. The molecule has 1 unspecified atom stereocenters. The van der Waals surface area contributed by atoms with Crippen LogP contribution in [-0.4, -0.2) is 57.9 Å². The Morgan fingerprint density at radius 3 is 2.20 bits per heavy atom. The van der Waals surface area contributed by atoms with E-state index in [0.29, 0.717) is 29.5 Å². The van der Waals surface area contributed by atoms with Crippen molar-refractivity contribution in [2.75, 3.05) is 30.5 Å². The van der Waals surface area contributed by atoms with Gasteiger partial charge in [0.05, 0.1) is 25.8 Å². The number of nitrogens with one attached hydrogen (secondary N) is 1. The van der Waals surface area contributed by atoms with E-state index in [9.17, 15) is 35.9 Å². The number of ether oxygens (including phenoxy) is 2. The van der Waals surface area contributed by atoms with Gasteiger partial charge in [-0.2, -0.15) is 31.4 Å². The Morgan fingerprint density at radius 2 is 1.62 bits per heavy atom. The van der Waals surface area contributed by atoms with Gasteiger partial charge in [0.1, 0.15) is 23.2 Å². The number of nitrogens with zero attached hydrogens (tertiary/aromatic N) is 4. The number of aromatic nitrogens is 2. The van der Waals surface area contributed by atoms with Crippen molar-refractivity contribution in [1.29, 1.82) is 0 Å². The topological polar surface area (TPSA) is 88.9 Å². The van der Waals surface area contributed by atoms with Crippen molar-refractivity contribution in [3.05, 3.63) is 66.0 Å². The quantitative estimate of drug-likeness (QED) is 0.185. The number of rotatable bonds is 12. The molecule has 16 heteroatoms. The second kappa shape index (κ2) is 13.7. The second-order valence-corrected chi connectivity index (χ2v) is 10.3. The average Bonchev–Trinajstić information content (AvgIpc) is 3.53. The van der Waals surface area contributed by atoms with Gasteiger partial charge >= 0.3 is 12.4 Å². The third-order valence-electron chi connectivity index (χ3n) is 6.77. The normalized spacial score (nSPS) is 15.5. The molecule has 4 rings (SSSR count). The first kappa shape index (κ1) is 33.6. The molecule has 2 aromatic carbocycles. The van der Waals surface area contributed by atoms with Gasteiger partial charge in [0.15, 0.2) is 10.8 Å². The Bertz CT molecular complexity index is 1510. The van der Waals surface area contributed by atoms with Gasteiger partial charge in [-0.25, -0.2) is 0 Å². The van der Waals surface area contributed by atoms with E-state index in [4.69, 9.17) is 21.7 Å². The van der Waals surface area contributed by atoms with Crippen LogP contribution in [-0.2, 0) is 28.5 Å². The van der Waals surface area contributed by atoms with Gasteiger partial charge in [-0.1, -0.05) is 6.92 Å². The van der Waals surface area contributed by atoms with E-state index in [0.717, 1.165) is 6.42 Å². The van der Waals surface area contributed by atoms with E-state index in [1.165, 1.54) is 16.9 Å². The van der Waals surface area contributed by atoms with Crippen LogP contribution < -0.4 is 19.7 Å². The highest BCUT2D eigenvalue weighted by molar-refractivity contribution is 7.80. The maximum Gasteiger partial charge on any atom is 0.435 e. The van der Waals surface area contributed by atoms with Crippen LogP contribution in [0.2, 0.25) is 0 Å². The molecule has 45 heavy (non-hydrogen) atoms. The average molecular weight is 658 g/mol. The number of anilines is 2. The van der Waals surface area contributed by atoms with Crippen LogP contribution in [0, 0.1) is 0 Å². The van der Waals surface area contributed by atoms with Gasteiger partial charge in [0.25, 0.3) is 5.91 Å². The molecule has 1 aromatic heterocycles. The summed E-state index contributed by atoms with van der Waals surface area (Å²) < 4.78 is 90.7. The van der Waals surface area contributed by atoms with Crippen LogP contribution in [0.3, 0.4) is 0 Å². The summed E-state index contributed by atoms with van der Waals surface area (Å²) in [5, 5.41) is 5.80. The molecule has 0 bridgehead atoms. The van der Waals surface area contributed by atoms with E-state index in [1.807, 2.05) is 6.92 Å². The largest absolute Gasteiger partial charge is 0.497 e. The molecular weight excluding hydrogens is 628 g/mol. The van der Waals surface area contributed by atoms with Crippen LogP contribution in [0.5, 0.6) is 11.5 Å². The lowest BCUT2D eigenvalue weighted by molar-refractivity contribution is -0.144. The van der Waals surface area contributed by atoms with Crippen molar-refractivity contribution >= 4 is 40.5 Å². The Morgan fingerprint density at radius 1 is 0.978 bits per heavy atom. The van der Waals surface area contributed by atoms with E-state index in [2.05, 4.69) is 10.4 Å². The van der Waals surface area contributed by atoms with Crippen LogP contribution in [0.15, 0.2) is 54.6 Å². The highest BCUT2D eigenvalue weighted by Crippen LogP contribution is 2.35. The van der Waals surface area contributed by atoms with Crippen LogP contribution in [0.4, 0.5) is 37.7 Å². The fourth-order valence-electron chi connectivity index (χ4n) is 4.64. The van der Waals surface area contributed by atoms with Crippen LogP contribution in [0.1, 0.15) is 37.6 Å². The molecule has 2 heterocycles. The fourth-order valence-corrected chi connectivity index (χ4v) is 5.06. The zero-order valence-electron chi connectivity index (χ0n) is 24.1. The predicted molar refractivity (Wildman–Crippen MR) is 156 cm³/mol. The highest BCUT2D eigenvalue weighted by atomic mass is 32.1. The zero-order chi connectivity index (χ0) is 32.9. The molecule has 1 atom stereocenters.